The molecule has 0 saturated carbocycles. The lowest BCUT2D eigenvalue weighted by atomic mass is 10.0. The van der Waals surface area contributed by atoms with Gasteiger partial charge in [-0.1, -0.05) is 0 Å². The summed E-state index contributed by atoms with van der Waals surface area (Å²) in [4.78, 5) is 26.8. The van der Waals surface area contributed by atoms with Crippen molar-refractivity contribution in [1.82, 2.24) is 9.55 Å². The number of hydrogen-bond donors (Lipinski definition) is 0. The average molecular weight is 429 g/mol. The number of hydrogen-bond acceptors (Lipinski definition) is 6. The topological polar surface area (TPSA) is 96.5 Å². The molecule has 0 N–H and O–H groups in total. The van der Waals surface area contributed by atoms with Crippen molar-refractivity contribution in [3.63, 3.8) is 0 Å². The Morgan fingerprint density at radius 1 is 1.16 bits per heavy atom. The van der Waals surface area contributed by atoms with E-state index in [9.17, 15) is 23.7 Å². The third kappa shape index (κ3) is 4.09. The Hall–Kier alpha value is -3.82. The van der Waals surface area contributed by atoms with Crippen molar-refractivity contribution in [2.45, 2.75) is 19.3 Å². The van der Waals surface area contributed by atoms with E-state index in [1.807, 2.05) is 0 Å². The SMILES string of the molecule is Cn1cc2c(cc1=O)OCCCCc1cc(F)cc(F)c1Oc1ncc([N+](=O)[O-])cc1-2. The summed E-state index contributed by atoms with van der Waals surface area (Å²) in [7, 11) is 1.52. The first-order valence-corrected chi connectivity index (χ1v) is 9.47. The number of nitro groups is 1. The smallest absolute Gasteiger partial charge is 0.288 e. The van der Waals surface area contributed by atoms with Crippen LogP contribution in [0.2, 0.25) is 0 Å². The quantitative estimate of drug-likeness (QED) is 0.426. The van der Waals surface area contributed by atoms with Crippen LogP contribution in [0, 0.1) is 21.7 Å². The Labute approximate surface area is 174 Å². The van der Waals surface area contributed by atoms with Crippen LogP contribution in [0.3, 0.4) is 0 Å². The van der Waals surface area contributed by atoms with Gasteiger partial charge in [0.1, 0.15) is 17.8 Å². The second kappa shape index (κ2) is 8.13. The number of nitrogens with zero attached hydrogens (tertiary/aromatic N) is 3. The number of rotatable bonds is 1. The van der Waals surface area contributed by atoms with Crippen molar-refractivity contribution >= 4 is 5.69 Å². The van der Waals surface area contributed by atoms with E-state index in [0.717, 1.165) is 6.20 Å². The zero-order valence-electron chi connectivity index (χ0n) is 16.4. The second-order valence-electron chi connectivity index (χ2n) is 7.09. The van der Waals surface area contributed by atoms with Crippen LogP contribution in [0.5, 0.6) is 17.4 Å². The summed E-state index contributed by atoms with van der Waals surface area (Å²) in [5.74, 6) is -1.77. The number of aryl methyl sites for hydroxylation is 2. The molecule has 0 aliphatic carbocycles. The van der Waals surface area contributed by atoms with Gasteiger partial charge in [-0.15, -0.1) is 0 Å². The highest BCUT2D eigenvalue weighted by molar-refractivity contribution is 5.75. The molecule has 4 rings (SSSR count). The fourth-order valence-electron chi connectivity index (χ4n) is 3.36. The summed E-state index contributed by atoms with van der Waals surface area (Å²) < 4.78 is 41.2. The number of pyridine rings is 2. The molecule has 0 spiro atoms. The van der Waals surface area contributed by atoms with Crippen molar-refractivity contribution < 1.29 is 23.2 Å². The molecule has 1 aromatic carbocycles. The van der Waals surface area contributed by atoms with E-state index in [1.54, 1.807) is 0 Å². The van der Waals surface area contributed by atoms with Gasteiger partial charge in [-0.3, -0.25) is 14.9 Å². The van der Waals surface area contributed by atoms with Crippen molar-refractivity contribution in [1.29, 1.82) is 0 Å². The molecule has 1 aliphatic heterocycles. The molecule has 160 valence electrons. The summed E-state index contributed by atoms with van der Waals surface area (Å²) >= 11 is 0. The molecule has 0 radical (unpaired) electrons. The highest BCUT2D eigenvalue weighted by atomic mass is 19.1. The van der Waals surface area contributed by atoms with E-state index >= 15 is 0 Å². The zero-order valence-corrected chi connectivity index (χ0v) is 16.4. The molecule has 0 unspecified atom stereocenters. The summed E-state index contributed by atoms with van der Waals surface area (Å²) in [6.07, 6.45) is 3.85. The maximum absolute atomic E-state index is 14.6. The number of fused-ring (bicyclic) bond motifs is 4. The van der Waals surface area contributed by atoms with Crippen molar-refractivity contribution in [3.05, 3.63) is 74.3 Å². The van der Waals surface area contributed by atoms with Crippen molar-refractivity contribution in [2.75, 3.05) is 6.61 Å². The van der Waals surface area contributed by atoms with Crippen molar-refractivity contribution in [2.24, 2.45) is 7.05 Å². The average Bonchev–Trinajstić information content (AvgIpc) is 2.71. The van der Waals surface area contributed by atoms with Gasteiger partial charge in [0, 0.05) is 42.6 Å². The van der Waals surface area contributed by atoms with Gasteiger partial charge < -0.3 is 14.0 Å². The molecule has 0 saturated heterocycles. The fourth-order valence-corrected chi connectivity index (χ4v) is 3.36. The lowest BCUT2D eigenvalue weighted by Crippen LogP contribution is -2.16. The largest absolute Gasteiger partial charge is 0.493 e. The first-order valence-electron chi connectivity index (χ1n) is 9.47. The van der Waals surface area contributed by atoms with E-state index in [0.29, 0.717) is 36.5 Å². The highest BCUT2D eigenvalue weighted by Crippen LogP contribution is 2.40. The van der Waals surface area contributed by atoms with Gasteiger partial charge in [-0.25, -0.2) is 13.8 Å². The Kier molecular flexibility index (Phi) is 5.37. The van der Waals surface area contributed by atoms with E-state index in [-0.39, 0.29) is 40.8 Å². The lowest BCUT2D eigenvalue weighted by Gasteiger charge is -2.18. The molecule has 0 amide bonds. The molecule has 2 aromatic heterocycles. The molecule has 3 heterocycles. The van der Waals surface area contributed by atoms with E-state index in [1.165, 1.54) is 36.0 Å². The summed E-state index contributed by atoms with van der Waals surface area (Å²) in [5, 5.41) is 11.3. The minimum absolute atomic E-state index is 0.134. The first-order chi connectivity index (χ1) is 14.8. The van der Waals surface area contributed by atoms with E-state index in [4.69, 9.17) is 9.47 Å². The minimum atomic E-state index is -0.907. The molecule has 1 aliphatic rings. The van der Waals surface area contributed by atoms with E-state index < -0.39 is 16.6 Å². The Bertz CT molecular complexity index is 1240. The maximum atomic E-state index is 14.6. The number of ether oxygens (including phenoxy) is 2. The number of aromatic nitrogens is 2. The molecule has 0 fully saturated rings. The predicted molar refractivity (Wildman–Crippen MR) is 106 cm³/mol. The van der Waals surface area contributed by atoms with Crippen LogP contribution in [0.4, 0.5) is 14.5 Å². The maximum Gasteiger partial charge on any atom is 0.288 e. The van der Waals surface area contributed by atoms with Crippen LogP contribution in [0.25, 0.3) is 11.1 Å². The molecule has 8 nitrogen and oxygen atoms in total. The Morgan fingerprint density at radius 3 is 2.74 bits per heavy atom. The molecular weight excluding hydrogens is 412 g/mol. The Balaban J connectivity index is 1.98. The van der Waals surface area contributed by atoms with Gasteiger partial charge in [0.05, 0.1) is 17.1 Å². The van der Waals surface area contributed by atoms with Gasteiger partial charge in [-0.2, -0.15) is 0 Å². The minimum Gasteiger partial charge on any atom is -0.493 e. The summed E-state index contributed by atoms with van der Waals surface area (Å²) in [6, 6.07) is 4.37. The van der Waals surface area contributed by atoms with Gasteiger partial charge in [0.15, 0.2) is 11.6 Å². The second-order valence-corrected chi connectivity index (χ2v) is 7.09. The van der Waals surface area contributed by atoms with Crippen LogP contribution < -0.4 is 15.0 Å². The normalized spacial score (nSPS) is 13.4. The molecule has 0 atom stereocenters. The van der Waals surface area contributed by atoms with Gasteiger partial charge >= 0.3 is 0 Å². The standard InChI is InChI=1S/C21H17F2N3O5/c1-25-11-16-15-8-14(26(28)29)10-24-21(15)31-20-12(6-13(22)7-17(20)23)4-2-3-5-30-18(16)9-19(25)27/h6-11H,2-5H2,1H3. The molecule has 0 bridgehead atoms. The number of benzene rings is 1. The monoisotopic (exact) mass is 429 g/mol. The first kappa shape index (κ1) is 20.5. The van der Waals surface area contributed by atoms with Crippen LogP contribution in [0.15, 0.2) is 41.5 Å². The molecular formula is C21H17F2N3O5. The zero-order chi connectivity index (χ0) is 22.1. The van der Waals surface area contributed by atoms with Gasteiger partial charge in [0.2, 0.25) is 5.88 Å². The molecule has 3 aromatic rings. The van der Waals surface area contributed by atoms with Gasteiger partial charge in [-0.05, 0) is 25.3 Å². The fraction of sp³-hybridized carbons (Fsp3) is 0.238. The van der Waals surface area contributed by atoms with Crippen LogP contribution >= 0.6 is 0 Å². The van der Waals surface area contributed by atoms with Crippen molar-refractivity contribution in [3.8, 4) is 28.5 Å². The van der Waals surface area contributed by atoms with Crippen LogP contribution in [-0.4, -0.2) is 21.1 Å². The summed E-state index contributed by atoms with van der Waals surface area (Å²) in [6.45, 7) is 0.242. The third-order valence-corrected chi connectivity index (χ3v) is 4.91. The highest BCUT2D eigenvalue weighted by Gasteiger charge is 2.23. The number of halogens is 2. The predicted octanol–water partition coefficient (Wildman–Crippen LogP) is 4.14. The van der Waals surface area contributed by atoms with Crippen LogP contribution in [0.1, 0.15) is 18.4 Å². The molecule has 31 heavy (non-hydrogen) atoms. The van der Waals surface area contributed by atoms with Gasteiger partial charge in [0.25, 0.3) is 11.2 Å². The lowest BCUT2D eigenvalue weighted by molar-refractivity contribution is -0.385. The van der Waals surface area contributed by atoms with Crippen LogP contribution in [-0.2, 0) is 13.5 Å². The molecule has 10 heteroatoms. The Morgan fingerprint density at radius 2 is 1.97 bits per heavy atom. The summed E-state index contributed by atoms with van der Waals surface area (Å²) in [5.41, 5.74) is 0.102. The van der Waals surface area contributed by atoms with E-state index in [2.05, 4.69) is 4.98 Å². The third-order valence-electron chi connectivity index (χ3n) is 4.91.